The molecule has 4 aromatic carbocycles. The second-order valence-corrected chi connectivity index (χ2v) is 26.2. The van der Waals surface area contributed by atoms with E-state index in [1.165, 1.54) is 64.0 Å². The second-order valence-electron chi connectivity index (χ2n) is 14.6. The van der Waals surface area contributed by atoms with Gasteiger partial charge in [0.25, 0.3) is 0 Å². The van der Waals surface area contributed by atoms with Gasteiger partial charge < -0.3 is 4.98 Å². The van der Waals surface area contributed by atoms with E-state index in [9.17, 15) is 4.39 Å². The monoisotopic (exact) mass is 934 g/mol. The van der Waals surface area contributed by atoms with Gasteiger partial charge >= 0.3 is 140 Å². The topological polar surface area (TPSA) is 25.8 Å². The van der Waals surface area contributed by atoms with E-state index in [2.05, 4.69) is 124 Å². The number of pyridine rings is 2. The maximum atomic E-state index is 14.5. The average molecular weight is 933 g/mol. The second kappa shape index (κ2) is 16.0. The number of aryl methyl sites for hydroxylation is 4. The molecule has 0 N–H and O–H groups in total. The van der Waals surface area contributed by atoms with E-state index >= 15 is 0 Å². The molecule has 1 radical (unpaired) electrons. The van der Waals surface area contributed by atoms with Crippen molar-refractivity contribution in [2.75, 3.05) is 0 Å². The zero-order valence-electron chi connectivity index (χ0n) is 33.5. The predicted octanol–water partition coefficient (Wildman–Crippen LogP) is 12.2. The van der Waals surface area contributed by atoms with E-state index in [1.807, 2.05) is 35.9 Å². The summed E-state index contributed by atoms with van der Waals surface area (Å²) in [5.41, 5.74) is 10.4. The molecule has 2 nitrogen and oxygen atoms in total. The smallest absolute Gasteiger partial charge is 0 e. The number of aromatic nitrogens is 2. The summed E-state index contributed by atoms with van der Waals surface area (Å²) in [6.45, 7) is 8.52. The minimum absolute atomic E-state index is 0. The SMILES string of the molecule is Cc1cc(C)c(-c2ccnc(-c3[c-]ccc4c3sc3ccccc34)c2)c(C)c1.[2H]C([2H])([2H])c1c[c-]c(-c2cc(CC(C)C)[c]([Ge]([CH3])([CH3])[CH3])cn2)c(F)c1.[Ir]. The Labute approximate surface area is 327 Å². The maximum absolute atomic E-state index is 14.5. The van der Waals surface area contributed by atoms with E-state index in [0.29, 0.717) is 11.6 Å². The van der Waals surface area contributed by atoms with Crippen molar-refractivity contribution < 1.29 is 28.6 Å². The molecule has 0 saturated heterocycles. The van der Waals surface area contributed by atoms with Crippen molar-refractivity contribution in [3.63, 3.8) is 0 Å². The Kier molecular flexibility index (Phi) is 10.9. The van der Waals surface area contributed by atoms with Gasteiger partial charge in [-0.15, -0.1) is 23.8 Å². The molecule has 0 aliphatic carbocycles. The van der Waals surface area contributed by atoms with Gasteiger partial charge in [-0.05, 0) is 70.9 Å². The van der Waals surface area contributed by atoms with Crippen LogP contribution in [0.15, 0.2) is 91.3 Å². The van der Waals surface area contributed by atoms with Crippen LogP contribution in [0.2, 0.25) is 17.3 Å². The van der Waals surface area contributed by atoms with Crippen molar-refractivity contribution in [2.45, 2.75) is 65.2 Å². The fourth-order valence-electron chi connectivity index (χ4n) is 6.82. The molecule has 0 atom stereocenters. The van der Waals surface area contributed by atoms with Crippen LogP contribution < -0.4 is 4.40 Å². The molecule has 263 valence electrons. The van der Waals surface area contributed by atoms with Crippen LogP contribution in [0.25, 0.3) is 53.8 Å². The van der Waals surface area contributed by atoms with E-state index in [1.54, 1.807) is 0 Å². The van der Waals surface area contributed by atoms with Crippen LogP contribution in [-0.2, 0) is 26.5 Å². The summed E-state index contributed by atoms with van der Waals surface area (Å²) in [6, 6.07) is 32.2. The van der Waals surface area contributed by atoms with Crippen LogP contribution in [0, 0.1) is 51.5 Å². The van der Waals surface area contributed by atoms with Crippen LogP contribution in [0.1, 0.15) is 45.8 Å². The van der Waals surface area contributed by atoms with Crippen LogP contribution in [0.3, 0.4) is 0 Å². The summed E-state index contributed by atoms with van der Waals surface area (Å²) >= 11 is -0.262. The Hall–Kier alpha value is -3.48. The standard InChI is InChI=1S/C26H20NS.C19H25FGeN.Ir/c1-16-13-17(2)25(18(3)14-16)19-11-12-27-23(15-19)22-9-6-8-21-20-7-4-5-10-24(20)28-26(21)22;1-13(2)9-15-11-19(22-12-18(15)21(4,5)6)16-8-7-14(3)10-17(16)20;/h4-8,10-15H,1-3H3;7,10-13H,9H2,1-6H3;/q2*-1;/i;3D3;. The summed E-state index contributed by atoms with van der Waals surface area (Å²) in [4.78, 5) is 9.18. The molecule has 6 heteroatoms. The zero-order valence-corrected chi connectivity index (χ0v) is 35.8. The molecule has 0 aliphatic heterocycles. The Morgan fingerprint density at radius 2 is 1.57 bits per heavy atom. The van der Waals surface area contributed by atoms with Gasteiger partial charge in [0.05, 0.1) is 0 Å². The quantitative estimate of drug-likeness (QED) is 0.123. The van der Waals surface area contributed by atoms with Crippen LogP contribution >= 0.6 is 11.3 Å². The molecule has 3 aromatic heterocycles. The molecule has 3 heterocycles. The van der Waals surface area contributed by atoms with Gasteiger partial charge in [-0.2, -0.15) is 11.3 Å². The van der Waals surface area contributed by atoms with Crippen LogP contribution in [0.5, 0.6) is 0 Å². The first-order valence-corrected chi connectivity index (χ1v) is 25.2. The largest absolute Gasteiger partial charge is 0 e. The number of hydrogen-bond acceptors (Lipinski definition) is 3. The fraction of sp³-hybridized carbons (Fsp3) is 0.244. The molecule has 0 fully saturated rings. The number of hydrogen-bond donors (Lipinski definition) is 0. The number of benzene rings is 4. The van der Waals surface area contributed by atoms with Crippen LogP contribution in [0.4, 0.5) is 4.39 Å². The third-order valence-corrected chi connectivity index (χ3v) is 14.4. The molecule has 51 heavy (non-hydrogen) atoms. The number of thiophene rings is 1. The van der Waals surface area contributed by atoms with Gasteiger partial charge in [0.1, 0.15) is 0 Å². The third kappa shape index (κ3) is 8.60. The number of halogens is 1. The predicted molar refractivity (Wildman–Crippen MR) is 216 cm³/mol. The Bertz CT molecular complexity index is 2430. The van der Waals surface area contributed by atoms with Crippen molar-refractivity contribution in [3.8, 4) is 33.6 Å². The Morgan fingerprint density at radius 1 is 0.843 bits per heavy atom. The van der Waals surface area contributed by atoms with Gasteiger partial charge in [-0.25, -0.2) is 0 Å². The Balaban J connectivity index is 0.000000206. The van der Waals surface area contributed by atoms with E-state index in [0.717, 1.165) is 23.7 Å². The molecular formula is C45H45FGeIrN2S-2. The summed E-state index contributed by atoms with van der Waals surface area (Å²) in [5, 5.41) is 2.59. The molecule has 7 rings (SSSR count). The maximum Gasteiger partial charge on any atom is 0 e. The minimum atomic E-state index is -2.34. The van der Waals surface area contributed by atoms with Gasteiger partial charge in [0.15, 0.2) is 0 Å². The zero-order chi connectivity index (χ0) is 38.2. The fourth-order valence-corrected chi connectivity index (χ4v) is 11.4. The average Bonchev–Trinajstić information content (AvgIpc) is 3.46. The first-order valence-electron chi connectivity index (χ1n) is 18.6. The molecule has 0 saturated carbocycles. The van der Waals surface area contributed by atoms with E-state index in [4.69, 9.17) is 9.10 Å². The van der Waals surface area contributed by atoms with Crippen molar-refractivity contribution in [2.24, 2.45) is 5.92 Å². The van der Waals surface area contributed by atoms with E-state index in [-0.39, 0.29) is 31.2 Å². The first-order chi connectivity index (χ1) is 25.0. The number of fused-ring (bicyclic) bond motifs is 3. The molecular weight excluding hydrogens is 884 g/mol. The van der Waals surface area contributed by atoms with Crippen LogP contribution in [-0.4, -0.2) is 23.2 Å². The van der Waals surface area contributed by atoms with Gasteiger partial charge in [0, 0.05) is 31.0 Å². The first kappa shape index (κ1) is 34.6. The van der Waals surface area contributed by atoms with Crippen molar-refractivity contribution in [1.82, 2.24) is 9.97 Å². The summed E-state index contributed by atoms with van der Waals surface area (Å²) in [7, 11) is 0. The molecule has 0 spiro atoms. The number of nitrogens with zero attached hydrogens (tertiary/aromatic N) is 2. The Morgan fingerprint density at radius 3 is 2.25 bits per heavy atom. The van der Waals surface area contributed by atoms with E-state index < -0.39 is 25.9 Å². The third-order valence-electron chi connectivity index (χ3n) is 8.90. The van der Waals surface area contributed by atoms with Gasteiger partial charge in [-0.3, -0.25) is 0 Å². The van der Waals surface area contributed by atoms with Gasteiger partial charge in [-0.1, -0.05) is 47.3 Å². The van der Waals surface area contributed by atoms with Crippen molar-refractivity contribution >= 4 is 49.2 Å². The normalized spacial score (nSPS) is 12.5. The summed E-state index contributed by atoms with van der Waals surface area (Å²) < 4.78 is 40.5. The molecule has 7 aromatic rings. The summed E-state index contributed by atoms with van der Waals surface area (Å²) in [5.74, 6) is 6.85. The number of rotatable bonds is 6. The van der Waals surface area contributed by atoms with Gasteiger partial charge in [0.2, 0.25) is 0 Å². The van der Waals surface area contributed by atoms with Crippen molar-refractivity contribution in [1.29, 1.82) is 0 Å². The minimum Gasteiger partial charge on any atom is 0 e. The molecule has 0 bridgehead atoms. The summed E-state index contributed by atoms with van der Waals surface area (Å²) in [6.07, 6.45) is 4.73. The van der Waals surface area contributed by atoms with Crippen molar-refractivity contribution in [3.05, 3.63) is 137 Å². The molecule has 0 unspecified atom stereocenters. The molecule has 0 amide bonds. The molecule has 0 aliphatic rings.